The van der Waals surface area contributed by atoms with Crippen molar-refractivity contribution in [2.45, 2.75) is 0 Å². The number of halogens is 2. The molecule has 0 bridgehead atoms. The van der Waals surface area contributed by atoms with Crippen molar-refractivity contribution in [3.63, 3.8) is 0 Å². The summed E-state index contributed by atoms with van der Waals surface area (Å²) < 4.78 is 26.1. The van der Waals surface area contributed by atoms with Crippen LogP contribution in [0.25, 0.3) is 0 Å². The van der Waals surface area contributed by atoms with E-state index in [9.17, 15) is 23.7 Å². The van der Waals surface area contributed by atoms with Crippen LogP contribution in [0.2, 0.25) is 0 Å². The second-order valence-corrected chi connectivity index (χ2v) is 3.12. The molecule has 0 aliphatic carbocycles. The highest BCUT2D eigenvalue weighted by Crippen LogP contribution is 2.28. The van der Waals surface area contributed by atoms with Crippen LogP contribution in [-0.4, -0.2) is 24.4 Å². The maximum Gasteiger partial charge on any atom is 0.298 e. The number of rotatable bonds is 4. The van der Waals surface area contributed by atoms with Crippen molar-refractivity contribution in [1.29, 1.82) is 0 Å². The van der Waals surface area contributed by atoms with Gasteiger partial charge in [-0.05, 0) is 7.05 Å². The van der Waals surface area contributed by atoms with Crippen molar-refractivity contribution in [2.75, 3.05) is 18.9 Å². The molecule has 2 N–H and O–H groups in total. The van der Waals surface area contributed by atoms with Crippen molar-refractivity contribution in [3.8, 4) is 0 Å². The zero-order chi connectivity index (χ0) is 13.0. The van der Waals surface area contributed by atoms with Crippen molar-refractivity contribution in [1.82, 2.24) is 5.32 Å². The predicted octanol–water partition coefficient (Wildman–Crippen LogP) is 1.03. The van der Waals surface area contributed by atoms with E-state index in [1.54, 1.807) is 0 Å². The van der Waals surface area contributed by atoms with Gasteiger partial charge >= 0.3 is 0 Å². The minimum absolute atomic E-state index is 0.145. The second kappa shape index (κ2) is 5.30. The molecule has 0 aliphatic rings. The van der Waals surface area contributed by atoms with E-state index in [0.717, 1.165) is 0 Å². The summed E-state index contributed by atoms with van der Waals surface area (Å²) in [7, 11) is 1.48. The molecule has 0 radical (unpaired) electrons. The molecule has 0 spiro atoms. The van der Waals surface area contributed by atoms with Gasteiger partial charge in [-0.25, -0.2) is 8.78 Å². The molecule has 1 aromatic rings. The quantitative estimate of drug-likeness (QED) is 0.613. The van der Waals surface area contributed by atoms with E-state index in [-0.39, 0.29) is 6.54 Å². The Balaban J connectivity index is 3.12. The van der Waals surface area contributed by atoms with E-state index in [4.69, 9.17) is 0 Å². The molecule has 0 aliphatic heterocycles. The lowest BCUT2D eigenvalue weighted by molar-refractivity contribution is -0.384. The van der Waals surface area contributed by atoms with Crippen LogP contribution in [-0.2, 0) is 4.79 Å². The molecule has 17 heavy (non-hydrogen) atoms. The Morgan fingerprint density at radius 2 is 2.12 bits per heavy atom. The third kappa shape index (κ3) is 3.18. The van der Waals surface area contributed by atoms with Crippen LogP contribution in [0.4, 0.5) is 20.2 Å². The third-order valence-corrected chi connectivity index (χ3v) is 1.83. The maximum absolute atomic E-state index is 13.3. The first-order valence-electron chi connectivity index (χ1n) is 4.53. The maximum atomic E-state index is 13.3. The standard InChI is InChI=1S/C9H9F2N3O3/c1-12-4-8(15)13-9-6(11)2-5(10)3-7(9)14(16)17/h2-3,12H,4H2,1H3,(H,13,15). The summed E-state index contributed by atoms with van der Waals surface area (Å²) in [5.74, 6) is -2.94. The van der Waals surface area contributed by atoms with Crippen LogP contribution in [0.3, 0.4) is 0 Å². The first-order chi connectivity index (χ1) is 7.95. The monoisotopic (exact) mass is 245 g/mol. The molecule has 0 saturated heterocycles. The highest BCUT2D eigenvalue weighted by molar-refractivity contribution is 5.94. The fraction of sp³-hybridized carbons (Fsp3) is 0.222. The molecule has 8 heteroatoms. The Hall–Kier alpha value is -2.09. The van der Waals surface area contributed by atoms with Crippen LogP contribution in [0.1, 0.15) is 0 Å². The minimum atomic E-state index is -1.19. The molecule has 0 fully saturated rings. The van der Waals surface area contributed by atoms with Gasteiger partial charge in [-0.1, -0.05) is 0 Å². The normalized spacial score (nSPS) is 10.1. The number of amides is 1. The van der Waals surface area contributed by atoms with E-state index in [2.05, 4.69) is 5.32 Å². The Bertz CT molecular complexity index is 465. The number of likely N-dealkylation sites (N-methyl/N-ethyl adjacent to an activating group) is 1. The van der Waals surface area contributed by atoms with Gasteiger partial charge in [0.15, 0.2) is 11.5 Å². The largest absolute Gasteiger partial charge is 0.317 e. The first kappa shape index (κ1) is 13.0. The Morgan fingerprint density at radius 1 is 1.47 bits per heavy atom. The highest BCUT2D eigenvalue weighted by Gasteiger charge is 2.21. The number of nitrogens with zero attached hydrogens (tertiary/aromatic N) is 1. The minimum Gasteiger partial charge on any atom is -0.317 e. The number of nitrogens with one attached hydrogen (secondary N) is 2. The summed E-state index contributed by atoms with van der Waals surface area (Å²) in [5.41, 5.74) is -1.47. The lowest BCUT2D eigenvalue weighted by Gasteiger charge is -2.06. The fourth-order valence-electron chi connectivity index (χ4n) is 1.17. The molecular formula is C9H9F2N3O3. The van der Waals surface area contributed by atoms with Crippen molar-refractivity contribution in [2.24, 2.45) is 0 Å². The van der Waals surface area contributed by atoms with Crippen LogP contribution in [0.15, 0.2) is 12.1 Å². The van der Waals surface area contributed by atoms with Gasteiger partial charge in [0, 0.05) is 6.07 Å². The van der Waals surface area contributed by atoms with Gasteiger partial charge in [0.1, 0.15) is 5.82 Å². The number of nitro groups is 1. The summed E-state index contributed by atoms with van der Waals surface area (Å²) >= 11 is 0. The molecule has 6 nitrogen and oxygen atoms in total. The lowest BCUT2D eigenvalue weighted by Crippen LogP contribution is -2.26. The highest BCUT2D eigenvalue weighted by atomic mass is 19.1. The molecule has 0 heterocycles. The number of hydrogen-bond donors (Lipinski definition) is 2. The summed E-state index contributed by atoms with van der Waals surface area (Å²) in [6.07, 6.45) is 0. The second-order valence-electron chi connectivity index (χ2n) is 3.12. The average molecular weight is 245 g/mol. The van der Waals surface area contributed by atoms with Crippen molar-refractivity contribution in [3.05, 3.63) is 33.9 Å². The van der Waals surface area contributed by atoms with E-state index >= 15 is 0 Å². The molecule has 1 aromatic carbocycles. The van der Waals surface area contributed by atoms with Crippen molar-refractivity contribution < 1.29 is 18.5 Å². The SMILES string of the molecule is CNCC(=O)Nc1c(F)cc(F)cc1[N+](=O)[O-]. The van der Waals surface area contributed by atoms with Crippen LogP contribution in [0, 0.1) is 21.7 Å². The lowest BCUT2D eigenvalue weighted by atomic mass is 10.2. The summed E-state index contributed by atoms with van der Waals surface area (Å²) in [5, 5.41) is 15.1. The summed E-state index contributed by atoms with van der Waals surface area (Å²) in [6, 6.07) is 1.00. The van der Waals surface area contributed by atoms with Gasteiger partial charge in [0.2, 0.25) is 5.91 Å². The molecule has 0 saturated carbocycles. The topological polar surface area (TPSA) is 84.3 Å². The van der Waals surface area contributed by atoms with Gasteiger partial charge in [-0.15, -0.1) is 0 Å². The number of benzene rings is 1. The Kier molecular flexibility index (Phi) is 4.05. The fourth-order valence-corrected chi connectivity index (χ4v) is 1.17. The predicted molar refractivity (Wildman–Crippen MR) is 55.6 cm³/mol. The average Bonchev–Trinajstić information content (AvgIpc) is 2.21. The van der Waals surface area contributed by atoms with Crippen molar-refractivity contribution >= 4 is 17.3 Å². The summed E-state index contributed by atoms with van der Waals surface area (Å²) in [4.78, 5) is 20.8. The molecule has 1 amide bonds. The van der Waals surface area contributed by atoms with E-state index in [1.165, 1.54) is 7.05 Å². The van der Waals surface area contributed by atoms with Gasteiger partial charge < -0.3 is 10.6 Å². The summed E-state index contributed by atoms with van der Waals surface area (Å²) in [6.45, 7) is -0.145. The van der Waals surface area contributed by atoms with Crippen LogP contribution in [0.5, 0.6) is 0 Å². The Labute approximate surface area is 94.8 Å². The van der Waals surface area contributed by atoms with Gasteiger partial charge in [0.25, 0.3) is 5.69 Å². The number of anilines is 1. The number of carbonyl (C=O) groups is 1. The van der Waals surface area contributed by atoms with Crippen LogP contribution >= 0.6 is 0 Å². The molecule has 92 valence electrons. The zero-order valence-electron chi connectivity index (χ0n) is 8.79. The van der Waals surface area contributed by atoms with Crippen LogP contribution < -0.4 is 10.6 Å². The smallest absolute Gasteiger partial charge is 0.298 e. The molecule has 1 rings (SSSR count). The van der Waals surface area contributed by atoms with Gasteiger partial charge in [-0.3, -0.25) is 14.9 Å². The number of nitro benzene ring substituents is 1. The molecule has 0 aromatic heterocycles. The molecule has 0 unspecified atom stereocenters. The third-order valence-electron chi connectivity index (χ3n) is 1.83. The van der Waals surface area contributed by atoms with Gasteiger partial charge in [0.05, 0.1) is 17.5 Å². The Morgan fingerprint density at radius 3 is 2.65 bits per heavy atom. The van der Waals surface area contributed by atoms with E-state index in [1.807, 2.05) is 5.32 Å². The van der Waals surface area contributed by atoms with E-state index in [0.29, 0.717) is 12.1 Å². The molecular weight excluding hydrogens is 236 g/mol. The number of hydrogen-bond acceptors (Lipinski definition) is 4. The number of carbonyl (C=O) groups excluding carboxylic acids is 1. The zero-order valence-corrected chi connectivity index (χ0v) is 8.79. The van der Waals surface area contributed by atoms with E-state index < -0.39 is 33.8 Å². The first-order valence-corrected chi connectivity index (χ1v) is 4.53. The molecule has 0 atom stereocenters. The van der Waals surface area contributed by atoms with Gasteiger partial charge in [-0.2, -0.15) is 0 Å².